The van der Waals surface area contributed by atoms with Gasteiger partial charge in [0, 0.05) is 5.92 Å². The van der Waals surface area contributed by atoms with E-state index in [2.05, 4.69) is 5.32 Å². The first-order valence-electron chi connectivity index (χ1n) is 5.53. The van der Waals surface area contributed by atoms with Gasteiger partial charge in [0.15, 0.2) is 0 Å². The molecule has 102 valence electrons. The Labute approximate surface area is 104 Å². The van der Waals surface area contributed by atoms with Crippen LogP contribution in [0.15, 0.2) is 0 Å². The minimum Gasteiger partial charge on any atom is -0.481 e. The molecule has 0 aromatic heterocycles. The van der Waals surface area contributed by atoms with Crippen LogP contribution < -0.4 is 5.32 Å². The molecule has 0 aromatic carbocycles. The molecule has 1 rings (SSSR count). The standard InChI is InChI=1S/C11H17NO6/c1-10(2,3)18-9(17)12-11(8(15)16)5-6(11)4-7(13)14/h6H,4-5H2,1-3H3,(H,12,17)(H,13,14)(H,15,16)/t6-,11+/m1/s1. The summed E-state index contributed by atoms with van der Waals surface area (Å²) in [6.07, 6.45) is -1.03. The van der Waals surface area contributed by atoms with Crippen molar-refractivity contribution in [3.63, 3.8) is 0 Å². The Hall–Kier alpha value is -1.79. The van der Waals surface area contributed by atoms with Crippen LogP contribution in [0.25, 0.3) is 0 Å². The van der Waals surface area contributed by atoms with E-state index < -0.39 is 35.1 Å². The number of rotatable bonds is 4. The van der Waals surface area contributed by atoms with E-state index in [-0.39, 0.29) is 12.8 Å². The predicted octanol–water partition coefficient (Wildman–Crippen LogP) is 0.829. The fourth-order valence-electron chi connectivity index (χ4n) is 1.74. The van der Waals surface area contributed by atoms with Gasteiger partial charge in [-0.3, -0.25) is 4.79 Å². The average molecular weight is 259 g/mol. The van der Waals surface area contributed by atoms with E-state index >= 15 is 0 Å². The largest absolute Gasteiger partial charge is 0.481 e. The SMILES string of the molecule is CC(C)(C)OC(=O)N[C@@]1(C(=O)O)C[C@H]1CC(=O)O. The van der Waals surface area contributed by atoms with Gasteiger partial charge in [-0.05, 0) is 27.2 Å². The molecule has 2 atom stereocenters. The Balaban J connectivity index is 2.65. The van der Waals surface area contributed by atoms with E-state index in [0.29, 0.717) is 0 Å². The van der Waals surface area contributed by atoms with E-state index in [4.69, 9.17) is 14.9 Å². The number of carboxylic acids is 2. The second-order valence-corrected chi connectivity index (χ2v) is 5.40. The smallest absolute Gasteiger partial charge is 0.408 e. The van der Waals surface area contributed by atoms with Crippen molar-refractivity contribution in [2.45, 2.75) is 44.8 Å². The van der Waals surface area contributed by atoms with Crippen LogP contribution in [-0.4, -0.2) is 39.4 Å². The summed E-state index contributed by atoms with van der Waals surface area (Å²) in [4.78, 5) is 33.2. The molecule has 1 saturated carbocycles. The number of carboxylic acid groups (broad SMARTS) is 2. The van der Waals surface area contributed by atoms with Crippen LogP contribution in [0.4, 0.5) is 4.79 Å². The molecule has 0 bridgehead atoms. The van der Waals surface area contributed by atoms with Crippen molar-refractivity contribution in [3.8, 4) is 0 Å². The summed E-state index contributed by atoms with van der Waals surface area (Å²) in [7, 11) is 0. The van der Waals surface area contributed by atoms with Gasteiger partial charge in [0.1, 0.15) is 11.1 Å². The summed E-state index contributed by atoms with van der Waals surface area (Å²) >= 11 is 0. The average Bonchev–Trinajstić information content (AvgIpc) is 2.74. The van der Waals surface area contributed by atoms with Crippen molar-refractivity contribution in [2.75, 3.05) is 0 Å². The molecule has 0 aromatic rings. The van der Waals surface area contributed by atoms with Gasteiger partial charge in [-0.25, -0.2) is 9.59 Å². The van der Waals surface area contributed by atoms with E-state index in [0.717, 1.165) is 0 Å². The van der Waals surface area contributed by atoms with Crippen LogP contribution in [0.3, 0.4) is 0 Å². The third-order valence-corrected chi connectivity index (χ3v) is 2.63. The Morgan fingerprint density at radius 2 is 1.89 bits per heavy atom. The van der Waals surface area contributed by atoms with E-state index in [1.54, 1.807) is 20.8 Å². The number of hydrogen-bond donors (Lipinski definition) is 3. The van der Waals surface area contributed by atoms with Crippen molar-refractivity contribution < 1.29 is 29.3 Å². The number of alkyl carbamates (subject to hydrolysis) is 1. The summed E-state index contributed by atoms with van der Waals surface area (Å²) in [5.41, 5.74) is -2.23. The van der Waals surface area contributed by atoms with Crippen LogP contribution in [0, 0.1) is 5.92 Å². The second kappa shape index (κ2) is 4.47. The lowest BCUT2D eigenvalue weighted by atomic mass is 10.1. The van der Waals surface area contributed by atoms with Crippen LogP contribution in [0.2, 0.25) is 0 Å². The maximum Gasteiger partial charge on any atom is 0.408 e. The van der Waals surface area contributed by atoms with Gasteiger partial charge in [0.25, 0.3) is 0 Å². The molecule has 0 radical (unpaired) electrons. The number of ether oxygens (including phenoxy) is 1. The van der Waals surface area contributed by atoms with Crippen LogP contribution in [-0.2, 0) is 14.3 Å². The van der Waals surface area contributed by atoms with Crippen molar-refractivity contribution in [1.29, 1.82) is 0 Å². The third-order valence-electron chi connectivity index (χ3n) is 2.63. The molecular weight excluding hydrogens is 242 g/mol. The van der Waals surface area contributed by atoms with Gasteiger partial charge >= 0.3 is 18.0 Å². The summed E-state index contributed by atoms with van der Waals surface area (Å²) in [6.45, 7) is 4.96. The lowest BCUT2D eigenvalue weighted by Crippen LogP contribution is -2.47. The Bertz CT molecular complexity index is 385. The molecule has 1 aliphatic rings. The highest BCUT2D eigenvalue weighted by atomic mass is 16.6. The number of aliphatic carboxylic acids is 2. The Morgan fingerprint density at radius 3 is 2.28 bits per heavy atom. The van der Waals surface area contributed by atoms with Crippen LogP contribution in [0.1, 0.15) is 33.6 Å². The number of nitrogens with one attached hydrogen (secondary N) is 1. The molecular formula is C11H17NO6. The molecule has 1 fully saturated rings. The van der Waals surface area contributed by atoms with Crippen molar-refractivity contribution in [3.05, 3.63) is 0 Å². The molecule has 7 nitrogen and oxygen atoms in total. The molecule has 7 heteroatoms. The maximum absolute atomic E-state index is 11.5. The Morgan fingerprint density at radius 1 is 1.33 bits per heavy atom. The van der Waals surface area contributed by atoms with Gasteiger partial charge in [-0.15, -0.1) is 0 Å². The van der Waals surface area contributed by atoms with Gasteiger partial charge in [-0.1, -0.05) is 0 Å². The molecule has 0 aliphatic heterocycles. The molecule has 0 unspecified atom stereocenters. The lowest BCUT2D eigenvalue weighted by molar-refractivity contribution is -0.141. The molecule has 3 N–H and O–H groups in total. The highest BCUT2D eigenvalue weighted by Gasteiger charge is 2.62. The molecule has 18 heavy (non-hydrogen) atoms. The molecule has 0 saturated heterocycles. The van der Waals surface area contributed by atoms with Gasteiger partial charge in [0.2, 0.25) is 0 Å². The quantitative estimate of drug-likeness (QED) is 0.689. The first kappa shape index (κ1) is 14.3. The van der Waals surface area contributed by atoms with Gasteiger partial charge in [0.05, 0.1) is 6.42 Å². The van der Waals surface area contributed by atoms with Crippen LogP contribution >= 0.6 is 0 Å². The summed E-state index contributed by atoms with van der Waals surface area (Å²) in [5.74, 6) is -2.92. The number of hydrogen-bond acceptors (Lipinski definition) is 4. The van der Waals surface area contributed by atoms with E-state index in [1.165, 1.54) is 0 Å². The fourth-order valence-corrected chi connectivity index (χ4v) is 1.74. The third kappa shape index (κ3) is 3.35. The molecule has 1 amide bonds. The molecule has 0 heterocycles. The monoisotopic (exact) mass is 259 g/mol. The number of carbonyl (C=O) groups excluding carboxylic acids is 1. The Kier molecular flexibility index (Phi) is 3.54. The van der Waals surface area contributed by atoms with E-state index in [9.17, 15) is 14.4 Å². The first-order valence-corrected chi connectivity index (χ1v) is 5.53. The topological polar surface area (TPSA) is 113 Å². The molecule has 1 aliphatic carbocycles. The number of carbonyl (C=O) groups is 3. The summed E-state index contributed by atoms with van der Waals surface area (Å²) in [6, 6.07) is 0. The zero-order valence-electron chi connectivity index (χ0n) is 10.5. The predicted molar refractivity (Wildman–Crippen MR) is 60.1 cm³/mol. The maximum atomic E-state index is 11.5. The normalized spacial score (nSPS) is 26.3. The van der Waals surface area contributed by atoms with Crippen molar-refractivity contribution in [2.24, 2.45) is 5.92 Å². The van der Waals surface area contributed by atoms with Crippen LogP contribution in [0.5, 0.6) is 0 Å². The van der Waals surface area contributed by atoms with E-state index in [1.807, 2.05) is 0 Å². The summed E-state index contributed by atoms with van der Waals surface area (Å²) in [5, 5.41) is 19.9. The van der Waals surface area contributed by atoms with Crippen molar-refractivity contribution >= 4 is 18.0 Å². The number of amides is 1. The zero-order valence-corrected chi connectivity index (χ0v) is 10.5. The minimum atomic E-state index is -1.50. The highest BCUT2D eigenvalue weighted by Crippen LogP contribution is 2.46. The summed E-state index contributed by atoms with van der Waals surface area (Å²) < 4.78 is 4.96. The minimum absolute atomic E-state index is 0.105. The van der Waals surface area contributed by atoms with Gasteiger partial charge in [-0.2, -0.15) is 0 Å². The lowest BCUT2D eigenvalue weighted by Gasteiger charge is -2.22. The van der Waals surface area contributed by atoms with Gasteiger partial charge < -0.3 is 20.3 Å². The van der Waals surface area contributed by atoms with Crippen molar-refractivity contribution in [1.82, 2.24) is 5.32 Å². The highest BCUT2D eigenvalue weighted by molar-refractivity contribution is 5.89. The zero-order chi connectivity index (χ0) is 14.1. The molecule has 0 spiro atoms. The fraction of sp³-hybridized carbons (Fsp3) is 0.727. The first-order chi connectivity index (χ1) is 8.07. The second-order valence-electron chi connectivity index (χ2n) is 5.40.